The second-order valence-corrected chi connectivity index (χ2v) is 5.61. The van der Waals surface area contributed by atoms with Gasteiger partial charge >= 0.3 is 6.18 Å². The molecule has 68 valence electrons. The molecule has 0 aromatic rings. The van der Waals surface area contributed by atoms with Gasteiger partial charge in [0, 0.05) is 0 Å². The highest BCUT2D eigenvalue weighted by Crippen LogP contribution is 2.21. The Kier molecular flexibility index (Phi) is 3.65. The minimum Gasteiger partial charge on any atom is -0.254 e. The van der Waals surface area contributed by atoms with Crippen molar-refractivity contribution in [2.24, 2.45) is 0 Å². The first-order chi connectivity index (χ1) is 4.77. The standard InChI is InChI=1S/C3H6F3NO2S2/c1-7-10-11(8,9)2-3(4,5)6/h7H,2H2,1H3. The normalized spacial score (nSPS) is 13.5. The summed E-state index contributed by atoms with van der Waals surface area (Å²) in [4.78, 5) is 0. The summed E-state index contributed by atoms with van der Waals surface area (Å²) >= 11 is 0. The van der Waals surface area contributed by atoms with Gasteiger partial charge in [0.2, 0.25) is 8.87 Å². The molecule has 3 nitrogen and oxygen atoms in total. The van der Waals surface area contributed by atoms with Crippen molar-refractivity contribution in [1.82, 2.24) is 4.72 Å². The van der Waals surface area contributed by atoms with Crippen LogP contribution in [-0.4, -0.2) is 27.4 Å². The van der Waals surface area contributed by atoms with Crippen LogP contribution in [-0.2, 0) is 8.87 Å². The number of hydrogen-bond donors (Lipinski definition) is 1. The lowest BCUT2D eigenvalue weighted by atomic mass is 10.8. The molecule has 0 aromatic heterocycles. The van der Waals surface area contributed by atoms with Crippen LogP contribution in [0.4, 0.5) is 13.2 Å². The van der Waals surface area contributed by atoms with Crippen molar-refractivity contribution < 1.29 is 21.6 Å². The van der Waals surface area contributed by atoms with Gasteiger partial charge in [0.25, 0.3) is 0 Å². The molecular weight excluding hydrogens is 203 g/mol. The van der Waals surface area contributed by atoms with Crippen molar-refractivity contribution in [2.75, 3.05) is 12.8 Å². The fourth-order valence-corrected chi connectivity index (χ4v) is 2.41. The average molecular weight is 209 g/mol. The smallest absolute Gasteiger partial charge is 0.254 e. The molecule has 0 fully saturated rings. The first kappa shape index (κ1) is 11.1. The van der Waals surface area contributed by atoms with E-state index in [1.807, 2.05) is 0 Å². The van der Waals surface area contributed by atoms with Gasteiger partial charge in [-0.2, -0.15) is 13.2 Å². The van der Waals surface area contributed by atoms with Crippen LogP contribution in [0.15, 0.2) is 0 Å². The second-order valence-electron chi connectivity index (χ2n) is 1.60. The van der Waals surface area contributed by atoms with E-state index in [1.54, 1.807) is 0 Å². The molecule has 0 radical (unpaired) electrons. The maximum Gasteiger partial charge on any atom is 0.403 e. The van der Waals surface area contributed by atoms with E-state index in [2.05, 4.69) is 4.72 Å². The van der Waals surface area contributed by atoms with Crippen molar-refractivity contribution in [1.29, 1.82) is 0 Å². The van der Waals surface area contributed by atoms with Crippen LogP contribution in [0.3, 0.4) is 0 Å². The maximum atomic E-state index is 11.5. The van der Waals surface area contributed by atoms with Gasteiger partial charge in [-0.15, -0.1) is 0 Å². The number of rotatable bonds is 3. The van der Waals surface area contributed by atoms with E-state index in [9.17, 15) is 21.6 Å². The van der Waals surface area contributed by atoms with Crippen molar-refractivity contribution in [3.8, 4) is 0 Å². The third-order valence-electron chi connectivity index (χ3n) is 0.551. The zero-order chi connectivity index (χ0) is 9.12. The SMILES string of the molecule is CNSS(=O)(=O)CC(F)(F)F. The van der Waals surface area contributed by atoms with E-state index in [0.29, 0.717) is 0 Å². The molecule has 0 aliphatic heterocycles. The van der Waals surface area contributed by atoms with E-state index >= 15 is 0 Å². The number of alkyl halides is 3. The summed E-state index contributed by atoms with van der Waals surface area (Å²) in [6, 6.07) is 0. The predicted octanol–water partition coefficient (Wildman–Crippen LogP) is 0.746. The molecule has 0 amide bonds. The first-order valence-corrected chi connectivity index (χ1v) is 5.40. The zero-order valence-corrected chi connectivity index (χ0v) is 7.11. The second kappa shape index (κ2) is 3.63. The molecule has 0 rings (SSSR count). The van der Waals surface area contributed by atoms with Gasteiger partial charge in [-0.1, -0.05) is 0 Å². The van der Waals surface area contributed by atoms with E-state index < -0.39 is 20.8 Å². The van der Waals surface area contributed by atoms with Gasteiger partial charge in [-0.05, 0) is 7.05 Å². The molecule has 0 saturated carbocycles. The van der Waals surface area contributed by atoms with Gasteiger partial charge in [-0.3, -0.25) is 4.72 Å². The molecule has 0 atom stereocenters. The Morgan fingerprint density at radius 1 is 1.45 bits per heavy atom. The number of hydrogen-bond acceptors (Lipinski definition) is 4. The van der Waals surface area contributed by atoms with Crippen LogP contribution >= 0.6 is 11.0 Å². The molecule has 8 heteroatoms. The molecule has 0 aromatic carbocycles. The van der Waals surface area contributed by atoms with E-state index in [1.165, 1.54) is 7.05 Å². The molecule has 0 aliphatic rings. The van der Waals surface area contributed by atoms with Crippen molar-refractivity contribution in [2.45, 2.75) is 6.18 Å². The summed E-state index contributed by atoms with van der Waals surface area (Å²) in [6.45, 7) is 0. The van der Waals surface area contributed by atoms with Gasteiger partial charge in [0.15, 0.2) is 5.75 Å². The number of halogens is 3. The Hall–Kier alpha value is 0.0500. The lowest BCUT2D eigenvalue weighted by Crippen LogP contribution is -2.22. The monoisotopic (exact) mass is 209 g/mol. The largest absolute Gasteiger partial charge is 0.403 e. The summed E-state index contributed by atoms with van der Waals surface area (Å²) in [5.74, 6) is -1.80. The Morgan fingerprint density at radius 2 is 1.91 bits per heavy atom. The summed E-state index contributed by atoms with van der Waals surface area (Å²) in [7, 11) is -2.81. The fourth-order valence-electron chi connectivity index (χ4n) is 0.357. The number of nitrogens with one attached hydrogen (secondary N) is 1. The molecule has 0 saturated heterocycles. The minimum atomic E-state index is -4.66. The molecule has 0 spiro atoms. The molecule has 0 heterocycles. The fraction of sp³-hybridized carbons (Fsp3) is 1.00. The van der Waals surface area contributed by atoms with Crippen LogP contribution < -0.4 is 4.72 Å². The average Bonchev–Trinajstić information content (AvgIpc) is 1.55. The van der Waals surface area contributed by atoms with Crippen LogP contribution in [0.25, 0.3) is 0 Å². The topological polar surface area (TPSA) is 46.2 Å². The highest BCUT2D eigenvalue weighted by molar-refractivity contribution is 8.71. The minimum absolute atomic E-state index is 0.0627. The van der Waals surface area contributed by atoms with E-state index in [4.69, 9.17) is 0 Å². The maximum absolute atomic E-state index is 11.5. The third kappa shape index (κ3) is 6.45. The van der Waals surface area contributed by atoms with Crippen LogP contribution in [0.1, 0.15) is 0 Å². The van der Waals surface area contributed by atoms with Gasteiger partial charge < -0.3 is 0 Å². The highest BCUT2D eigenvalue weighted by Gasteiger charge is 2.35. The highest BCUT2D eigenvalue weighted by atomic mass is 33.1. The van der Waals surface area contributed by atoms with Crippen LogP contribution in [0.2, 0.25) is 0 Å². The summed E-state index contributed by atoms with van der Waals surface area (Å²) < 4.78 is 57.3. The Labute approximate surface area is 65.8 Å². The van der Waals surface area contributed by atoms with E-state index in [-0.39, 0.29) is 11.0 Å². The van der Waals surface area contributed by atoms with Crippen molar-refractivity contribution >= 4 is 19.8 Å². The Balaban J connectivity index is 4.15. The first-order valence-electron chi connectivity index (χ1n) is 2.41. The molecular formula is C3H6F3NO2S2. The van der Waals surface area contributed by atoms with Gasteiger partial charge in [-0.25, -0.2) is 8.42 Å². The van der Waals surface area contributed by atoms with Crippen LogP contribution in [0.5, 0.6) is 0 Å². The molecule has 0 bridgehead atoms. The predicted molar refractivity (Wildman–Crippen MR) is 36.5 cm³/mol. The summed E-state index contributed by atoms with van der Waals surface area (Å²) in [5, 5.41) is 0. The Morgan fingerprint density at radius 3 is 2.18 bits per heavy atom. The summed E-state index contributed by atoms with van der Waals surface area (Å²) in [5.41, 5.74) is 0. The third-order valence-corrected chi connectivity index (χ3v) is 3.27. The van der Waals surface area contributed by atoms with E-state index in [0.717, 1.165) is 0 Å². The lowest BCUT2D eigenvalue weighted by molar-refractivity contribution is -0.106. The summed E-state index contributed by atoms with van der Waals surface area (Å²) in [6.07, 6.45) is -4.66. The van der Waals surface area contributed by atoms with Gasteiger partial charge in [0.1, 0.15) is 0 Å². The van der Waals surface area contributed by atoms with Crippen LogP contribution in [0, 0.1) is 0 Å². The van der Waals surface area contributed by atoms with Crippen molar-refractivity contribution in [3.63, 3.8) is 0 Å². The lowest BCUT2D eigenvalue weighted by Gasteiger charge is -2.04. The Bertz CT molecular complexity index is 209. The quantitative estimate of drug-likeness (QED) is 0.550. The van der Waals surface area contributed by atoms with Crippen molar-refractivity contribution in [3.05, 3.63) is 0 Å². The van der Waals surface area contributed by atoms with Gasteiger partial charge in [0.05, 0.1) is 11.0 Å². The molecule has 0 unspecified atom stereocenters. The molecule has 0 aliphatic carbocycles. The zero-order valence-electron chi connectivity index (χ0n) is 5.47. The molecule has 11 heavy (non-hydrogen) atoms. The molecule has 1 N–H and O–H groups in total.